The average Bonchev–Trinajstić information content (AvgIpc) is 2.36. The third-order valence-corrected chi connectivity index (χ3v) is 3.12. The van der Waals surface area contributed by atoms with Crippen LogP contribution in [0.3, 0.4) is 0 Å². The van der Waals surface area contributed by atoms with Crippen molar-refractivity contribution in [1.29, 1.82) is 0 Å². The molecule has 1 unspecified atom stereocenters. The lowest BCUT2D eigenvalue weighted by Crippen LogP contribution is -2.44. The van der Waals surface area contributed by atoms with Gasteiger partial charge in [0.1, 0.15) is 0 Å². The van der Waals surface area contributed by atoms with Crippen LogP contribution in [0.2, 0.25) is 0 Å². The molecule has 0 saturated carbocycles. The maximum atomic E-state index is 12.0. The monoisotopic (exact) mass is 249 g/mol. The van der Waals surface area contributed by atoms with Gasteiger partial charge < -0.3 is 10.6 Å². The summed E-state index contributed by atoms with van der Waals surface area (Å²) in [5.74, 6) is 0.132. The first-order valence-corrected chi connectivity index (χ1v) is 6.25. The van der Waals surface area contributed by atoms with Crippen LogP contribution in [-0.2, 0) is 11.3 Å². The van der Waals surface area contributed by atoms with Crippen LogP contribution in [0.4, 0.5) is 5.69 Å². The molecule has 0 aliphatic rings. The van der Waals surface area contributed by atoms with Gasteiger partial charge in [-0.25, -0.2) is 0 Å². The second-order valence-corrected chi connectivity index (χ2v) is 4.71. The molecule has 0 heterocycles. The zero-order valence-corrected chi connectivity index (χ0v) is 11.7. The standard InChI is InChI=1S/C14H23N3O/c1-5-17(11(2)14(18)16(3)4)10-12-6-8-13(15)9-7-12/h6-9,11H,5,10,15H2,1-4H3. The number of nitrogens with two attached hydrogens (primary N) is 1. The lowest BCUT2D eigenvalue weighted by molar-refractivity contribution is -0.134. The molecule has 0 aromatic heterocycles. The molecule has 1 aromatic carbocycles. The normalized spacial score (nSPS) is 12.5. The Morgan fingerprint density at radius 3 is 2.28 bits per heavy atom. The van der Waals surface area contributed by atoms with Gasteiger partial charge in [-0.15, -0.1) is 0 Å². The van der Waals surface area contributed by atoms with Crippen LogP contribution in [0.15, 0.2) is 24.3 Å². The summed E-state index contributed by atoms with van der Waals surface area (Å²) in [4.78, 5) is 15.7. The van der Waals surface area contributed by atoms with E-state index in [1.165, 1.54) is 5.56 Å². The lowest BCUT2D eigenvalue weighted by atomic mass is 10.1. The molecule has 1 rings (SSSR count). The number of amides is 1. The Morgan fingerprint density at radius 2 is 1.83 bits per heavy atom. The predicted molar refractivity (Wildman–Crippen MR) is 75.1 cm³/mol. The minimum absolute atomic E-state index is 0.109. The molecule has 1 atom stereocenters. The van der Waals surface area contributed by atoms with E-state index in [-0.39, 0.29) is 11.9 Å². The lowest BCUT2D eigenvalue weighted by Gasteiger charge is -2.29. The van der Waals surface area contributed by atoms with Gasteiger partial charge in [0.25, 0.3) is 0 Å². The summed E-state index contributed by atoms with van der Waals surface area (Å²) in [6.45, 7) is 5.61. The van der Waals surface area contributed by atoms with Crippen LogP contribution >= 0.6 is 0 Å². The van der Waals surface area contributed by atoms with Crippen LogP contribution in [0.5, 0.6) is 0 Å². The van der Waals surface area contributed by atoms with E-state index in [4.69, 9.17) is 5.73 Å². The van der Waals surface area contributed by atoms with Crippen molar-refractivity contribution in [1.82, 2.24) is 9.80 Å². The Labute approximate surface area is 109 Å². The van der Waals surface area contributed by atoms with E-state index in [0.717, 1.165) is 18.8 Å². The Bertz CT molecular complexity index is 387. The van der Waals surface area contributed by atoms with Gasteiger partial charge in [-0.3, -0.25) is 9.69 Å². The first-order chi connectivity index (χ1) is 8.45. The highest BCUT2D eigenvalue weighted by Crippen LogP contribution is 2.11. The fourth-order valence-corrected chi connectivity index (χ4v) is 1.91. The molecule has 18 heavy (non-hydrogen) atoms. The number of carbonyl (C=O) groups is 1. The molecule has 100 valence electrons. The maximum absolute atomic E-state index is 12.0. The van der Waals surface area contributed by atoms with Crippen LogP contribution in [0.25, 0.3) is 0 Å². The van der Waals surface area contributed by atoms with E-state index >= 15 is 0 Å². The predicted octanol–water partition coefficient (Wildman–Crippen LogP) is 1.57. The third-order valence-electron chi connectivity index (χ3n) is 3.12. The fourth-order valence-electron chi connectivity index (χ4n) is 1.91. The van der Waals surface area contributed by atoms with E-state index < -0.39 is 0 Å². The summed E-state index contributed by atoms with van der Waals surface area (Å²) in [6.07, 6.45) is 0. The van der Waals surface area contributed by atoms with Crippen LogP contribution < -0.4 is 5.73 Å². The van der Waals surface area contributed by atoms with Gasteiger partial charge in [0, 0.05) is 26.3 Å². The molecule has 4 heteroatoms. The summed E-state index contributed by atoms with van der Waals surface area (Å²) < 4.78 is 0. The number of hydrogen-bond acceptors (Lipinski definition) is 3. The van der Waals surface area contributed by atoms with Gasteiger partial charge in [0.05, 0.1) is 6.04 Å². The second kappa shape index (κ2) is 6.40. The number of nitrogen functional groups attached to an aromatic ring is 1. The minimum Gasteiger partial charge on any atom is -0.399 e. The van der Waals surface area contributed by atoms with Gasteiger partial charge >= 0.3 is 0 Å². The molecular weight excluding hydrogens is 226 g/mol. The average molecular weight is 249 g/mol. The first-order valence-electron chi connectivity index (χ1n) is 6.25. The van der Waals surface area contributed by atoms with E-state index in [2.05, 4.69) is 11.8 Å². The van der Waals surface area contributed by atoms with E-state index in [0.29, 0.717) is 0 Å². The van der Waals surface area contributed by atoms with Crippen molar-refractivity contribution in [2.45, 2.75) is 26.4 Å². The molecule has 0 spiro atoms. The van der Waals surface area contributed by atoms with Crippen molar-refractivity contribution >= 4 is 11.6 Å². The van der Waals surface area contributed by atoms with Crippen molar-refractivity contribution in [2.75, 3.05) is 26.4 Å². The highest BCUT2D eigenvalue weighted by Gasteiger charge is 2.21. The summed E-state index contributed by atoms with van der Waals surface area (Å²) in [7, 11) is 3.58. The van der Waals surface area contributed by atoms with E-state index in [9.17, 15) is 4.79 Å². The molecule has 0 radical (unpaired) electrons. The topological polar surface area (TPSA) is 49.6 Å². The SMILES string of the molecule is CCN(Cc1ccc(N)cc1)C(C)C(=O)N(C)C. The number of rotatable bonds is 5. The molecule has 0 aliphatic heterocycles. The number of likely N-dealkylation sites (N-methyl/N-ethyl adjacent to an activating group) is 2. The van der Waals surface area contributed by atoms with Gasteiger partial charge in [-0.2, -0.15) is 0 Å². The van der Waals surface area contributed by atoms with E-state index in [1.807, 2.05) is 31.2 Å². The molecular formula is C14H23N3O. The van der Waals surface area contributed by atoms with Crippen molar-refractivity contribution in [2.24, 2.45) is 0 Å². The number of hydrogen-bond donors (Lipinski definition) is 1. The number of anilines is 1. The van der Waals surface area contributed by atoms with Crippen LogP contribution in [-0.4, -0.2) is 42.4 Å². The summed E-state index contributed by atoms with van der Waals surface area (Å²) in [6, 6.07) is 7.68. The van der Waals surface area contributed by atoms with Crippen molar-refractivity contribution < 1.29 is 4.79 Å². The molecule has 0 aliphatic carbocycles. The Kier molecular flexibility index (Phi) is 5.16. The summed E-state index contributed by atoms with van der Waals surface area (Å²) in [5, 5.41) is 0. The third kappa shape index (κ3) is 3.74. The molecule has 0 fully saturated rings. The van der Waals surface area contributed by atoms with Gasteiger partial charge in [-0.1, -0.05) is 19.1 Å². The van der Waals surface area contributed by atoms with Crippen molar-refractivity contribution in [3.63, 3.8) is 0 Å². The minimum atomic E-state index is -0.109. The maximum Gasteiger partial charge on any atom is 0.239 e. The Morgan fingerprint density at radius 1 is 1.28 bits per heavy atom. The molecule has 0 saturated heterocycles. The molecule has 0 bridgehead atoms. The van der Waals surface area contributed by atoms with Crippen molar-refractivity contribution in [3.8, 4) is 0 Å². The molecule has 1 amide bonds. The first kappa shape index (κ1) is 14.5. The molecule has 1 aromatic rings. The smallest absolute Gasteiger partial charge is 0.239 e. The Hall–Kier alpha value is -1.55. The largest absolute Gasteiger partial charge is 0.399 e. The molecule has 2 N–H and O–H groups in total. The zero-order chi connectivity index (χ0) is 13.7. The number of nitrogens with zero attached hydrogens (tertiary/aromatic N) is 2. The van der Waals surface area contributed by atoms with E-state index in [1.54, 1.807) is 19.0 Å². The summed E-state index contributed by atoms with van der Waals surface area (Å²) >= 11 is 0. The van der Waals surface area contributed by atoms with Crippen LogP contribution in [0, 0.1) is 0 Å². The number of benzene rings is 1. The second-order valence-electron chi connectivity index (χ2n) is 4.71. The quantitative estimate of drug-likeness (QED) is 0.806. The van der Waals surface area contributed by atoms with Gasteiger partial charge in [-0.05, 0) is 31.2 Å². The molecule has 4 nitrogen and oxygen atoms in total. The van der Waals surface area contributed by atoms with Crippen molar-refractivity contribution in [3.05, 3.63) is 29.8 Å². The summed E-state index contributed by atoms with van der Waals surface area (Å²) in [5.41, 5.74) is 7.60. The zero-order valence-electron chi connectivity index (χ0n) is 11.7. The van der Waals surface area contributed by atoms with Gasteiger partial charge in [0.15, 0.2) is 0 Å². The van der Waals surface area contributed by atoms with Gasteiger partial charge in [0.2, 0.25) is 5.91 Å². The van der Waals surface area contributed by atoms with Crippen LogP contribution in [0.1, 0.15) is 19.4 Å². The number of carbonyl (C=O) groups excluding carboxylic acids is 1. The highest BCUT2D eigenvalue weighted by atomic mass is 16.2. The highest BCUT2D eigenvalue weighted by molar-refractivity contribution is 5.80. The fraction of sp³-hybridized carbons (Fsp3) is 0.500. The Balaban J connectivity index is 2.72.